The van der Waals surface area contributed by atoms with Crippen LogP contribution in [0.25, 0.3) is 0 Å². The van der Waals surface area contributed by atoms with Crippen LogP contribution in [0.4, 0.5) is 11.6 Å². The fourth-order valence-corrected chi connectivity index (χ4v) is 4.81. The van der Waals surface area contributed by atoms with Crippen LogP contribution in [0.15, 0.2) is 69.4 Å². The fraction of sp³-hybridized carbons (Fsp3) is 0.292. The monoisotopic (exact) mass is 527 g/mol. The fourth-order valence-electron chi connectivity index (χ4n) is 3.71. The number of amides is 1. The van der Waals surface area contributed by atoms with Crippen LogP contribution >= 0.6 is 27.7 Å². The van der Waals surface area contributed by atoms with E-state index in [0.717, 1.165) is 27.9 Å². The van der Waals surface area contributed by atoms with Gasteiger partial charge in [-0.1, -0.05) is 58.9 Å². The minimum atomic E-state index is -0.429. The predicted octanol–water partition coefficient (Wildman–Crippen LogP) is 5.87. The van der Waals surface area contributed by atoms with Crippen LogP contribution in [-0.4, -0.2) is 33.0 Å². The van der Waals surface area contributed by atoms with E-state index in [4.69, 9.17) is 9.84 Å². The molecule has 0 aliphatic carbocycles. The number of halogens is 1. The first-order valence-corrected chi connectivity index (χ1v) is 12.7. The SMILES string of the molecule is CCCSc1nc2n(n1)C(c1cccc(Br)c1)C(C(=O)Nc1ccccc1OCC)=C(C)N2. The van der Waals surface area contributed by atoms with Crippen molar-refractivity contribution in [3.63, 3.8) is 0 Å². The number of nitrogens with one attached hydrogen (secondary N) is 2. The number of nitrogens with zero attached hydrogens (tertiary/aromatic N) is 3. The van der Waals surface area contributed by atoms with Crippen molar-refractivity contribution in [2.75, 3.05) is 23.0 Å². The topological polar surface area (TPSA) is 81.1 Å². The smallest absolute Gasteiger partial charge is 0.255 e. The van der Waals surface area contributed by atoms with Gasteiger partial charge >= 0.3 is 0 Å². The van der Waals surface area contributed by atoms with E-state index in [1.165, 1.54) is 0 Å². The van der Waals surface area contributed by atoms with Crippen molar-refractivity contribution in [1.29, 1.82) is 0 Å². The number of aromatic nitrogens is 3. The zero-order valence-electron chi connectivity index (χ0n) is 18.8. The lowest BCUT2D eigenvalue weighted by atomic mass is 9.95. The van der Waals surface area contributed by atoms with E-state index in [0.29, 0.717) is 34.7 Å². The molecule has 0 fully saturated rings. The molecular weight excluding hydrogens is 502 g/mol. The highest BCUT2D eigenvalue weighted by Gasteiger charge is 2.34. The van der Waals surface area contributed by atoms with Gasteiger partial charge in [-0.25, -0.2) is 4.68 Å². The molecule has 0 spiro atoms. The number of hydrogen-bond acceptors (Lipinski definition) is 6. The Hall–Kier alpha value is -2.78. The maximum absolute atomic E-state index is 13.6. The number of allylic oxidation sites excluding steroid dienone is 1. The predicted molar refractivity (Wildman–Crippen MR) is 136 cm³/mol. The van der Waals surface area contributed by atoms with Crippen molar-refractivity contribution in [1.82, 2.24) is 14.8 Å². The molecule has 2 N–H and O–H groups in total. The van der Waals surface area contributed by atoms with Crippen molar-refractivity contribution in [2.45, 2.75) is 38.4 Å². The van der Waals surface area contributed by atoms with Gasteiger partial charge in [0.15, 0.2) is 0 Å². The maximum atomic E-state index is 13.6. The molecule has 1 aromatic heterocycles. The molecule has 1 atom stereocenters. The highest BCUT2D eigenvalue weighted by atomic mass is 79.9. The number of para-hydroxylation sites is 2. The van der Waals surface area contributed by atoms with Crippen LogP contribution in [0.5, 0.6) is 5.75 Å². The number of carbonyl (C=O) groups excluding carboxylic acids is 1. The van der Waals surface area contributed by atoms with Crippen molar-refractivity contribution in [2.24, 2.45) is 0 Å². The summed E-state index contributed by atoms with van der Waals surface area (Å²) in [7, 11) is 0. The van der Waals surface area contributed by atoms with Gasteiger partial charge in [0.2, 0.25) is 11.1 Å². The molecule has 1 aliphatic heterocycles. The number of rotatable bonds is 8. The second-order valence-corrected chi connectivity index (χ2v) is 9.49. The van der Waals surface area contributed by atoms with Crippen LogP contribution in [0.1, 0.15) is 38.8 Å². The Bertz CT molecular complexity index is 1190. The van der Waals surface area contributed by atoms with Crippen LogP contribution in [-0.2, 0) is 4.79 Å². The molecule has 0 radical (unpaired) electrons. The average molecular weight is 528 g/mol. The summed E-state index contributed by atoms with van der Waals surface area (Å²) >= 11 is 5.17. The lowest BCUT2D eigenvalue weighted by Gasteiger charge is -2.29. The molecule has 9 heteroatoms. The molecule has 2 heterocycles. The first kappa shape index (κ1) is 23.4. The van der Waals surface area contributed by atoms with Crippen LogP contribution in [0, 0.1) is 0 Å². The molecule has 7 nitrogen and oxygen atoms in total. The van der Waals surface area contributed by atoms with Gasteiger partial charge in [-0.15, -0.1) is 5.10 Å². The Balaban J connectivity index is 1.75. The number of benzene rings is 2. The summed E-state index contributed by atoms with van der Waals surface area (Å²) in [5, 5.41) is 11.8. The van der Waals surface area contributed by atoms with E-state index in [1.54, 1.807) is 16.4 Å². The lowest BCUT2D eigenvalue weighted by molar-refractivity contribution is -0.113. The molecule has 3 aromatic rings. The first-order valence-electron chi connectivity index (χ1n) is 10.9. The molecule has 0 bridgehead atoms. The molecule has 2 aromatic carbocycles. The Kier molecular flexibility index (Phi) is 7.39. The molecule has 1 unspecified atom stereocenters. The van der Waals surface area contributed by atoms with Crippen molar-refractivity contribution in [3.8, 4) is 5.75 Å². The quantitative estimate of drug-likeness (QED) is 0.356. The number of hydrogen-bond donors (Lipinski definition) is 2. The molecule has 0 saturated carbocycles. The molecular formula is C24H26BrN5O2S. The number of carbonyl (C=O) groups is 1. The number of fused-ring (bicyclic) bond motifs is 1. The van der Waals surface area contributed by atoms with Crippen LogP contribution in [0.3, 0.4) is 0 Å². The minimum absolute atomic E-state index is 0.221. The lowest BCUT2D eigenvalue weighted by Crippen LogP contribution is -2.31. The number of thioether (sulfide) groups is 1. The Morgan fingerprint density at radius 2 is 2.06 bits per heavy atom. The summed E-state index contributed by atoms with van der Waals surface area (Å²) in [6.45, 7) is 6.45. The van der Waals surface area contributed by atoms with Gasteiger partial charge in [0.1, 0.15) is 11.8 Å². The second kappa shape index (κ2) is 10.4. The van der Waals surface area contributed by atoms with E-state index in [9.17, 15) is 4.79 Å². The van der Waals surface area contributed by atoms with Gasteiger partial charge in [-0.3, -0.25) is 4.79 Å². The maximum Gasteiger partial charge on any atom is 0.255 e. The Morgan fingerprint density at radius 3 is 2.82 bits per heavy atom. The normalized spacial score (nSPS) is 15.1. The van der Waals surface area contributed by atoms with Gasteiger partial charge in [-0.2, -0.15) is 4.98 Å². The number of anilines is 2. The molecule has 1 aliphatic rings. The first-order chi connectivity index (χ1) is 16.0. The van der Waals surface area contributed by atoms with Crippen LogP contribution < -0.4 is 15.4 Å². The Labute approximate surface area is 206 Å². The largest absolute Gasteiger partial charge is 0.492 e. The summed E-state index contributed by atoms with van der Waals surface area (Å²) in [4.78, 5) is 18.3. The van der Waals surface area contributed by atoms with Gasteiger partial charge in [0.05, 0.1) is 17.9 Å². The summed E-state index contributed by atoms with van der Waals surface area (Å²) in [6.07, 6.45) is 1.03. The molecule has 1 amide bonds. The second-order valence-electron chi connectivity index (χ2n) is 7.52. The van der Waals surface area contributed by atoms with E-state index < -0.39 is 6.04 Å². The standard InChI is InChI=1S/C24H26BrN5O2S/c1-4-13-33-24-28-23-26-15(3)20(21(30(23)29-24)16-9-8-10-17(25)14-16)22(31)27-18-11-6-7-12-19(18)32-5-2/h6-12,14,21H,4-5,13H2,1-3H3,(H,27,31)(H,26,28,29). The zero-order chi connectivity index (χ0) is 23.4. The minimum Gasteiger partial charge on any atom is -0.492 e. The summed E-state index contributed by atoms with van der Waals surface area (Å²) < 4.78 is 8.43. The average Bonchev–Trinajstić information content (AvgIpc) is 3.20. The van der Waals surface area contributed by atoms with E-state index in [2.05, 4.69) is 38.5 Å². The molecule has 0 saturated heterocycles. The van der Waals surface area contributed by atoms with Crippen LogP contribution in [0.2, 0.25) is 0 Å². The van der Waals surface area contributed by atoms with E-state index in [-0.39, 0.29) is 5.91 Å². The third-order valence-electron chi connectivity index (χ3n) is 5.11. The third kappa shape index (κ3) is 5.09. The molecule has 172 valence electrons. The third-order valence-corrected chi connectivity index (χ3v) is 6.65. The van der Waals surface area contributed by atoms with Gasteiger partial charge in [0, 0.05) is 15.9 Å². The zero-order valence-corrected chi connectivity index (χ0v) is 21.2. The summed E-state index contributed by atoms with van der Waals surface area (Å²) in [6, 6.07) is 14.9. The number of ether oxygens (including phenoxy) is 1. The molecule has 4 rings (SSSR count). The van der Waals surface area contributed by atoms with Crippen molar-refractivity contribution >= 4 is 45.2 Å². The summed E-state index contributed by atoms with van der Waals surface area (Å²) in [5.41, 5.74) is 2.87. The Morgan fingerprint density at radius 1 is 1.24 bits per heavy atom. The van der Waals surface area contributed by atoms with E-state index >= 15 is 0 Å². The summed E-state index contributed by atoms with van der Waals surface area (Å²) in [5.74, 6) is 1.97. The highest BCUT2D eigenvalue weighted by molar-refractivity contribution is 9.10. The van der Waals surface area contributed by atoms with E-state index in [1.807, 2.05) is 62.4 Å². The van der Waals surface area contributed by atoms with Gasteiger partial charge in [0.25, 0.3) is 5.91 Å². The van der Waals surface area contributed by atoms with Crippen molar-refractivity contribution < 1.29 is 9.53 Å². The molecule has 33 heavy (non-hydrogen) atoms. The van der Waals surface area contributed by atoms with Gasteiger partial charge < -0.3 is 15.4 Å². The van der Waals surface area contributed by atoms with Crippen molar-refractivity contribution in [3.05, 3.63) is 69.8 Å². The van der Waals surface area contributed by atoms with Gasteiger partial charge in [-0.05, 0) is 50.1 Å². The highest BCUT2D eigenvalue weighted by Crippen LogP contribution is 2.38.